The van der Waals surface area contributed by atoms with Crippen molar-refractivity contribution >= 4 is 10.9 Å². The van der Waals surface area contributed by atoms with Gasteiger partial charge in [-0.25, -0.2) is 0 Å². The van der Waals surface area contributed by atoms with E-state index < -0.39 is 0 Å². The molecule has 3 unspecified atom stereocenters. The van der Waals surface area contributed by atoms with Gasteiger partial charge in [0, 0.05) is 30.2 Å². The lowest BCUT2D eigenvalue weighted by molar-refractivity contribution is -0.0105. The van der Waals surface area contributed by atoms with Crippen molar-refractivity contribution in [2.45, 2.75) is 38.3 Å². The summed E-state index contributed by atoms with van der Waals surface area (Å²) < 4.78 is 5.40. The maximum Gasteiger partial charge on any atom is 0.119 e. The van der Waals surface area contributed by atoms with Crippen molar-refractivity contribution in [3.63, 3.8) is 0 Å². The maximum absolute atomic E-state index is 6.79. The van der Waals surface area contributed by atoms with Crippen molar-refractivity contribution in [1.82, 2.24) is 9.88 Å². The molecular weight excluding hydrogens is 298 g/mol. The summed E-state index contributed by atoms with van der Waals surface area (Å²) in [6.45, 7) is 4.74. The van der Waals surface area contributed by atoms with E-state index in [-0.39, 0.29) is 6.04 Å². The van der Waals surface area contributed by atoms with E-state index in [1.165, 1.54) is 37.9 Å². The molecule has 3 aliphatic rings. The monoisotopic (exact) mass is 325 g/mol. The van der Waals surface area contributed by atoms with Gasteiger partial charge in [-0.3, -0.25) is 9.88 Å². The first-order valence-corrected chi connectivity index (χ1v) is 9.13. The minimum absolute atomic E-state index is 0.0308. The van der Waals surface area contributed by atoms with Gasteiger partial charge in [0.25, 0.3) is 0 Å². The van der Waals surface area contributed by atoms with Gasteiger partial charge in [-0.05, 0) is 61.1 Å². The number of benzene rings is 1. The number of hydrogen-bond acceptors (Lipinski definition) is 4. The van der Waals surface area contributed by atoms with Gasteiger partial charge in [0.1, 0.15) is 5.75 Å². The highest BCUT2D eigenvalue weighted by Gasteiger charge is 2.41. The smallest absolute Gasteiger partial charge is 0.119 e. The Labute approximate surface area is 144 Å². The lowest BCUT2D eigenvalue weighted by atomic mass is 9.72. The second kappa shape index (κ2) is 6.34. The van der Waals surface area contributed by atoms with Gasteiger partial charge >= 0.3 is 0 Å². The highest BCUT2D eigenvalue weighted by molar-refractivity contribution is 5.84. The predicted molar refractivity (Wildman–Crippen MR) is 97.1 cm³/mol. The number of fused-ring (bicyclic) bond motifs is 4. The fourth-order valence-electron chi connectivity index (χ4n) is 4.79. The lowest BCUT2D eigenvalue weighted by Gasteiger charge is -2.51. The molecule has 0 spiro atoms. The number of piperidine rings is 3. The zero-order chi connectivity index (χ0) is 16.7. The van der Waals surface area contributed by atoms with Crippen LogP contribution in [0.5, 0.6) is 5.75 Å². The summed E-state index contributed by atoms with van der Waals surface area (Å²) >= 11 is 0. The number of pyridine rings is 1. The van der Waals surface area contributed by atoms with Crippen molar-refractivity contribution in [2.24, 2.45) is 17.6 Å². The molecule has 2 N–H and O–H groups in total. The second-order valence-electron chi connectivity index (χ2n) is 7.32. The molecule has 2 aromatic rings. The van der Waals surface area contributed by atoms with Crippen molar-refractivity contribution in [3.05, 3.63) is 36.0 Å². The third-order valence-corrected chi connectivity index (χ3v) is 6.22. The molecule has 3 saturated heterocycles. The van der Waals surface area contributed by atoms with Crippen LogP contribution in [-0.2, 0) is 0 Å². The Morgan fingerprint density at radius 1 is 1.38 bits per heavy atom. The van der Waals surface area contributed by atoms with Crippen LogP contribution in [0.3, 0.4) is 0 Å². The van der Waals surface area contributed by atoms with Crippen LogP contribution in [0.25, 0.3) is 10.9 Å². The first-order valence-electron chi connectivity index (χ1n) is 9.13. The summed E-state index contributed by atoms with van der Waals surface area (Å²) in [5.41, 5.74) is 8.98. The molecule has 4 heterocycles. The van der Waals surface area contributed by atoms with Gasteiger partial charge < -0.3 is 10.5 Å². The number of aromatic nitrogens is 1. The van der Waals surface area contributed by atoms with E-state index in [0.29, 0.717) is 6.04 Å². The van der Waals surface area contributed by atoms with E-state index in [9.17, 15) is 0 Å². The molecule has 0 saturated carbocycles. The largest absolute Gasteiger partial charge is 0.497 e. The Balaban J connectivity index is 1.68. The number of nitrogens with zero attached hydrogens (tertiary/aromatic N) is 2. The molecule has 3 fully saturated rings. The number of methoxy groups -OCH3 is 1. The first kappa shape index (κ1) is 15.9. The fourth-order valence-corrected chi connectivity index (χ4v) is 4.79. The Bertz CT molecular complexity index is 732. The lowest BCUT2D eigenvalue weighted by Crippen LogP contribution is -2.56. The van der Waals surface area contributed by atoms with Crippen molar-refractivity contribution in [2.75, 3.05) is 20.2 Å². The van der Waals surface area contributed by atoms with E-state index >= 15 is 0 Å². The molecule has 1 aromatic carbocycles. The van der Waals surface area contributed by atoms with Gasteiger partial charge in [-0.2, -0.15) is 0 Å². The average molecular weight is 325 g/mol. The van der Waals surface area contributed by atoms with Gasteiger partial charge in [-0.1, -0.05) is 13.3 Å². The summed E-state index contributed by atoms with van der Waals surface area (Å²) in [5, 5.41) is 1.12. The van der Waals surface area contributed by atoms with Crippen molar-refractivity contribution in [3.8, 4) is 5.75 Å². The van der Waals surface area contributed by atoms with E-state index in [1.54, 1.807) is 7.11 Å². The van der Waals surface area contributed by atoms with Crippen LogP contribution in [-0.4, -0.2) is 36.1 Å². The number of rotatable bonds is 4. The molecule has 3 aliphatic heterocycles. The zero-order valence-electron chi connectivity index (χ0n) is 14.6. The first-order chi connectivity index (χ1) is 11.7. The van der Waals surface area contributed by atoms with Crippen LogP contribution in [0.15, 0.2) is 30.5 Å². The Kier molecular flexibility index (Phi) is 4.19. The fraction of sp³-hybridized carbons (Fsp3) is 0.550. The minimum atomic E-state index is 0.0308. The minimum Gasteiger partial charge on any atom is -0.497 e. The molecule has 1 aromatic heterocycles. The number of hydrogen-bond donors (Lipinski definition) is 1. The van der Waals surface area contributed by atoms with E-state index in [4.69, 9.17) is 10.5 Å². The molecule has 5 atom stereocenters. The van der Waals surface area contributed by atoms with Crippen LogP contribution in [0.1, 0.15) is 37.8 Å². The summed E-state index contributed by atoms with van der Waals surface area (Å²) in [6, 6.07) is 8.62. The number of nitrogens with two attached hydrogens (primary N) is 1. The quantitative estimate of drug-likeness (QED) is 0.936. The van der Waals surface area contributed by atoms with E-state index in [1.807, 2.05) is 18.3 Å². The Morgan fingerprint density at radius 3 is 2.96 bits per heavy atom. The molecular formula is C20H27N3O. The third-order valence-electron chi connectivity index (χ3n) is 6.22. The number of ether oxygens (including phenoxy) is 1. The van der Waals surface area contributed by atoms with Crippen LogP contribution < -0.4 is 10.5 Å². The van der Waals surface area contributed by atoms with Gasteiger partial charge in [0.05, 0.1) is 12.6 Å². The molecule has 5 rings (SSSR count). The maximum atomic E-state index is 6.79. The van der Waals surface area contributed by atoms with E-state index in [2.05, 4.69) is 28.9 Å². The van der Waals surface area contributed by atoms with Crippen LogP contribution >= 0.6 is 0 Å². The molecule has 0 aliphatic carbocycles. The standard InChI is InChI=1S/C20H27N3O/c1-3-13-12-23-9-7-14(13)10-19(23)20(21)16-6-8-22-18-5-4-15(24-2)11-17(16)18/h4-6,8,11,13-14,19-20H,3,7,9-10,12,21H2,1-2H3/t13?,14?,19-,20-/m0/s1. The molecule has 24 heavy (non-hydrogen) atoms. The van der Waals surface area contributed by atoms with Gasteiger partial charge in [-0.15, -0.1) is 0 Å². The highest BCUT2D eigenvalue weighted by atomic mass is 16.5. The van der Waals surface area contributed by atoms with Crippen LogP contribution in [0.2, 0.25) is 0 Å². The second-order valence-corrected chi connectivity index (χ2v) is 7.32. The summed E-state index contributed by atoms with van der Waals surface area (Å²) in [6.07, 6.45) is 5.74. The molecule has 4 heteroatoms. The SMILES string of the molecule is CCC1CN2CCC1C[C@H]2[C@@H](N)c1ccnc2ccc(OC)cc12. The topological polar surface area (TPSA) is 51.4 Å². The van der Waals surface area contributed by atoms with Crippen molar-refractivity contribution in [1.29, 1.82) is 0 Å². The van der Waals surface area contributed by atoms with Crippen LogP contribution in [0.4, 0.5) is 0 Å². The van der Waals surface area contributed by atoms with E-state index in [0.717, 1.165) is 28.5 Å². The summed E-state index contributed by atoms with van der Waals surface area (Å²) in [4.78, 5) is 7.12. The summed E-state index contributed by atoms with van der Waals surface area (Å²) in [7, 11) is 1.70. The third kappa shape index (κ3) is 2.58. The zero-order valence-corrected chi connectivity index (χ0v) is 14.6. The summed E-state index contributed by atoms with van der Waals surface area (Å²) in [5.74, 6) is 2.57. The van der Waals surface area contributed by atoms with Crippen LogP contribution in [0, 0.1) is 11.8 Å². The Morgan fingerprint density at radius 2 is 2.25 bits per heavy atom. The van der Waals surface area contributed by atoms with Crippen molar-refractivity contribution < 1.29 is 4.74 Å². The highest BCUT2D eigenvalue weighted by Crippen LogP contribution is 2.42. The average Bonchev–Trinajstić information content (AvgIpc) is 2.66. The molecule has 128 valence electrons. The van der Waals surface area contributed by atoms with Gasteiger partial charge in [0.15, 0.2) is 0 Å². The normalized spacial score (nSPS) is 30.5. The molecule has 0 amide bonds. The molecule has 0 radical (unpaired) electrons. The molecule has 4 nitrogen and oxygen atoms in total. The predicted octanol–water partition coefficient (Wildman–Crippen LogP) is 3.36. The molecule has 2 bridgehead atoms. The Hall–Kier alpha value is -1.65. The van der Waals surface area contributed by atoms with Gasteiger partial charge in [0.2, 0.25) is 0 Å².